The maximum atomic E-state index is 12.0. The van der Waals surface area contributed by atoms with Gasteiger partial charge in [0.1, 0.15) is 19.6 Å². The van der Waals surface area contributed by atoms with Crippen molar-refractivity contribution in [3.8, 4) is 0 Å². The standard InChI is InChI=1S/C13H20N2O7S2/c1-10(14-4-2-3-12(14)17)11(16)9-13(18)21-5-7-23-24-8-6-22-15(19)20/h10H,2-9H2,1H3/t10-/m0/s1. The molecule has 0 saturated carbocycles. The first kappa shape index (κ1) is 20.6. The number of hydrogen-bond acceptors (Lipinski definition) is 9. The van der Waals surface area contributed by atoms with Gasteiger partial charge in [0.15, 0.2) is 5.78 Å². The van der Waals surface area contributed by atoms with Crippen molar-refractivity contribution in [1.29, 1.82) is 0 Å². The second kappa shape index (κ2) is 11.1. The summed E-state index contributed by atoms with van der Waals surface area (Å²) in [6.07, 6.45) is 0.839. The Balaban J connectivity index is 2.08. The van der Waals surface area contributed by atoms with Crippen LogP contribution < -0.4 is 0 Å². The van der Waals surface area contributed by atoms with E-state index < -0.39 is 17.1 Å². The van der Waals surface area contributed by atoms with Gasteiger partial charge in [0.25, 0.3) is 5.09 Å². The Hall–Kier alpha value is -1.49. The van der Waals surface area contributed by atoms with E-state index in [1.165, 1.54) is 26.5 Å². The van der Waals surface area contributed by atoms with Gasteiger partial charge in [0, 0.05) is 24.5 Å². The lowest BCUT2D eigenvalue weighted by Crippen LogP contribution is -2.40. The van der Waals surface area contributed by atoms with Crippen LogP contribution in [0.15, 0.2) is 0 Å². The minimum atomic E-state index is -0.847. The lowest BCUT2D eigenvalue weighted by Gasteiger charge is -2.22. The molecule has 1 amide bonds. The van der Waals surface area contributed by atoms with Gasteiger partial charge in [-0.2, -0.15) is 0 Å². The lowest BCUT2D eigenvalue weighted by atomic mass is 10.1. The zero-order chi connectivity index (χ0) is 17.9. The molecule has 0 unspecified atom stereocenters. The van der Waals surface area contributed by atoms with Crippen molar-refractivity contribution in [3.63, 3.8) is 0 Å². The molecule has 0 aliphatic carbocycles. The summed E-state index contributed by atoms with van der Waals surface area (Å²) < 4.78 is 4.96. The van der Waals surface area contributed by atoms with Gasteiger partial charge in [-0.15, -0.1) is 10.1 Å². The van der Waals surface area contributed by atoms with Crippen LogP contribution in [-0.4, -0.2) is 65.0 Å². The van der Waals surface area contributed by atoms with Gasteiger partial charge >= 0.3 is 5.97 Å². The summed E-state index contributed by atoms with van der Waals surface area (Å²) >= 11 is 0. The molecule has 1 aliphatic rings. The molecule has 1 rings (SSSR count). The highest BCUT2D eigenvalue weighted by molar-refractivity contribution is 8.76. The van der Waals surface area contributed by atoms with Crippen molar-refractivity contribution in [2.45, 2.75) is 32.2 Å². The molecule has 0 bridgehead atoms. The molecule has 0 spiro atoms. The Morgan fingerprint density at radius 3 is 2.58 bits per heavy atom. The van der Waals surface area contributed by atoms with E-state index in [1.807, 2.05) is 0 Å². The van der Waals surface area contributed by atoms with Gasteiger partial charge in [-0.1, -0.05) is 21.6 Å². The molecular weight excluding hydrogens is 360 g/mol. The average Bonchev–Trinajstić information content (AvgIpc) is 2.94. The number of carbonyl (C=O) groups excluding carboxylic acids is 3. The highest BCUT2D eigenvalue weighted by atomic mass is 33.1. The number of hydrogen-bond donors (Lipinski definition) is 0. The summed E-state index contributed by atoms with van der Waals surface area (Å²) in [6.45, 7) is 2.33. The van der Waals surface area contributed by atoms with Crippen LogP contribution in [0.4, 0.5) is 0 Å². The Morgan fingerprint density at radius 2 is 2.00 bits per heavy atom. The van der Waals surface area contributed by atoms with Crippen LogP contribution in [0, 0.1) is 10.1 Å². The Morgan fingerprint density at radius 1 is 1.33 bits per heavy atom. The number of ketones is 1. The Kier molecular flexibility index (Phi) is 9.53. The highest BCUT2D eigenvalue weighted by Gasteiger charge is 2.30. The minimum Gasteiger partial charge on any atom is -0.464 e. The molecule has 24 heavy (non-hydrogen) atoms. The van der Waals surface area contributed by atoms with Gasteiger partial charge in [0.05, 0.1) is 6.04 Å². The molecule has 0 radical (unpaired) electrons. The lowest BCUT2D eigenvalue weighted by molar-refractivity contribution is -0.756. The number of nitrogens with zero attached hydrogens (tertiary/aromatic N) is 2. The average molecular weight is 380 g/mol. The summed E-state index contributed by atoms with van der Waals surface area (Å²) in [5.74, 6) is -0.0448. The van der Waals surface area contributed by atoms with Crippen molar-refractivity contribution in [2.24, 2.45) is 0 Å². The molecule has 1 saturated heterocycles. The summed E-state index contributed by atoms with van der Waals surface area (Å²) in [6, 6.07) is -0.598. The van der Waals surface area contributed by atoms with Crippen LogP contribution >= 0.6 is 21.6 Å². The van der Waals surface area contributed by atoms with Crippen molar-refractivity contribution in [1.82, 2.24) is 4.90 Å². The molecule has 0 aromatic rings. The van der Waals surface area contributed by atoms with Crippen LogP contribution in [0.2, 0.25) is 0 Å². The predicted molar refractivity (Wildman–Crippen MR) is 88.9 cm³/mol. The first-order valence-corrected chi connectivity index (χ1v) is 9.90. The predicted octanol–water partition coefficient (Wildman–Crippen LogP) is 1.09. The quantitative estimate of drug-likeness (QED) is 0.122. The molecule has 1 fully saturated rings. The number of rotatable bonds is 12. The van der Waals surface area contributed by atoms with Crippen LogP contribution in [-0.2, 0) is 24.0 Å². The fourth-order valence-electron chi connectivity index (χ4n) is 2.05. The molecule has 11 heteroatoms. The summed E-state index contributed by atoms with van der Waals surface area (Å²) in [7, 11) is 2.76. The minimum absolute atomic E-state index is 0.00602. The van der Waals surface area contributed by atoms with E-state index in [-0.39, 0.29) is 31.3 Å². The smallest absolute Gasteiger partial charge is 0.313 e. The van der Waals surface area contributed by atoms with E-state index in [0.717, 1.165) is 6.42 Å². The zero-order valence-corrected chi connectivity index (χ0v) is 14.9. The first-order chi connectivity index (χ1) is 11.4. The molecule has 0 aromatic heterocycles. The molecule has 9 nitrogen and oxygen atoms in total. The number of esters is 1. The van der Waals surface area contributed by atoms with Crippen molar-refractivity contribution in [2.75, 3.05) is 31.3 Å². The summed E-state index contributed by atoms with van der Waals surface area (Å²) in [4.78, 5) is 50.7. The van der Waals surface area contributed by atoms with Gasteiger partial charge in [-0.05, 0) is 13.3 Å². The fourth-order valence-corrected chi connectivity index (χ4v) is 3.69. The van der Waals surface area contributed by atoms with Gasteiger partial charge < -0.3 is 14.5 Å². The van der Waals surface area contributed by atoms with Crippen LogP contribution in [0.5, 0.6) is 0 Å². The number of likely N-dealkylation sites (tertiary alicyclic amines) is 1. The van der Waals surface area contributed by atoms with E-state index in [1.54, 1.807) is 6.92 Å². The topological polar surface area (TPSA) is 116 Å². The maximum Gasteiger partial charge on any atom is 0.313 e. The molecule has 0 N–H and O–H groups in total. The summed E-state index contributed by atoms with van der Waals surface area (Å²) in [5.41, 5.74) is 0. The normalized spacial score (nSPS) is 15.2. The molecule has 1 heterocycles. The number of amides is 1. The van der Waals surface area contributed by atoms with E-state index in [2.05, 4.69) is 4.84 Å². The van der Waals surface area contributed by atoms with Crippen molar-refractivity contribution < 1.29 is 29.0 Å². The maximum absolute atomic E-state index is 12.0. The zero-order valence-electron chi connectivity index (χ0n) is 13.3. The third-order valence-electron chi connectivity index (χ3n) is 3.24. The molecule has 1 aliphatic heterocycles. The largest absolute Gasteiger partial charge is 0.464 e. The highest BCUT2D eigenvalue weighted by Crippen LogP contribution is 2.20. The number of carbonyl (C=O) groups is 3. The summed E-state index contributed by atoms with van der Waals surface area (Å²) in [5, 5.41) is 9.06. The van der Waals surface area contributed by atoms with E-state index in [4.69, 9.17) is 4.74 Å². The fraction of sp³-hybridized carbons (Fsp3) is 0.769. The number of Topliss-reactive ketones (excluding diaryl/α,β-unsaturated/α-hetero) is 1. The van der Waals surface area contributed by atoms with E-state index >= 15 is 0 Å². The second-order valence-corrected chi connectivity index (χ2v) is 7.63. The monoisotopic (exact) mass is 380 g/mol. The molecular formula is C13H20N2O7S2. The third-order valence-corrected chi connectivity index (χ3v) is 5.57. The molecule has 1 atom stereocenters. The SMILES string of the molecule is C[C@@H](C(=O)CC(=O)OCCSSCCO[N+](=O)[O-])N1CCCC1=O. The Bertz CT molecular complexity index is 475. The van der Waals surface area contributed by atoms with Crippen molar-refractivity contribution >= 4 is 39.2 Å². The second-order valence-electron chi connectivity index (χ2n) is 4.93. The van der Waals surface area contributed by atoms with E-state index in [0.29, 0.717) is 24.5 Å². The van der Waals surface area contributed by atoms with Crippen molar-refractivity contribution in [3.05, 3.63) is 10.1 Å². The van der Waals surface area contributed by atoms with Crippen LogP contribution in [0.1, 0.15) is 26.2 Å². The molecule has 0 aromatic carbocycles. The third kappa shape index (κ3) is 7.86. The first-order valence-electron chi connectivity index (χ1n) is 7.41. The Labute approximate surface area is 147 Å². The van der Waals surface area contributed by atoms with Gasteiger partial charge in [0.2, 0.25) is 5.91 Å². The molecule has 136 valence electrons. The number of ether oxygens (including phenoxy) is 1. The van der Waals surface area contributed by atoms with Crippen LogP contribution in [0.25, 0.3) is 0 Å². The van der Waals surface area contributed by atoms with Crippen LogP contribution in [0.3, 0.4) is 0 Å². The van der Waals surface area contributed by atoms with Gasteiger partial charge in [-0.3, -0.25) is 14.4 Å². The van der Waals surface area contributed by atoms with Gasteiger partial charge in [-0.25, -0.2) is 0 Å². The van der Waals surface area contributed by atoms with E-state index in [9.17, 15) is 24.5 Å².